The molecule has 0 aliphatic carbocycles. The van der Waals surface area contributed by atoms with Crippen LogP contribution in [-0.2, 0) is 14.2 Å². The Morgan fingerprint density at radius 3 is 1.83 bits per heavy atom. The molecule has 0 spiro atoms. The van der Waals surface area contributed by atoms with Gasteiger partial charge in [-0.05, 0) is 0 Å². The summed E-state index contributed by atoms with van der Waals surface area (Å²) in [4.78, 5) is 0. The fourth-order valence-electron chi connectivity index (χ4n) is 2.57. The van der Waals surface area contributed by atoms with E-state index in [0.717, 1.165) is 0 Å². The van der Waals surface area contributed by atoms with E-state index in [9.17, 15) is 35.7 Å². The Morgan fingerprint density at radius 2 is 1.29 bits per heavy atom. The molecular formula is C12H24MgO11. The van der Waals surface area contributed by atoms with Crippen molar-refractivity contribution in [3.8, 4) is 0 Å². The van der Waals surface area contributed by atoms with Crippen molar-refractivity contribution in [3.05, 3.63) is 0 Å². The molecule has 0 amide bonds. The van der Waals surface area contributed by atoms with Gasteiger partial charge in [-0.15, -0.1) is 0 Å². The second-order valence-electron chi connectivity index (χ2n) is 5.53. The molecule has 0 aromatic heterocycles. The molecule has 8 N–H and O–H groups in total. The first-order valence-corrected chi connectivity index (χ1v) is 7.08. The van der Waals surface area contributed by atoms with Gasteiger partial charge < -0.3 is 57.9 Å². The topological polar surface area (TPSA) is 190 Å². The summed E-state index contributed by atoms with van der Waals surface area (Å²) in [7, 11) is 0. The van der Waals surface area contributed by atoms with E-state index >= 15 is 0 Å². The standard InChI is InChI=1S/C12H22O11.Mg.2H/c13-1-3-5(15)6(16)9(19)12(22-3)23-10-4(2-14)21-11(20)8(18)7(10)17;;;/h3-20H,1-2H2;;;/q;+2;2*-1/t3-,4-,5+,6+,7-,8-,9-,10-,11+,12+;;;/m1.../s1. The van der Waals surface area contributed by atoms with Crippen molar-refractivity contribution in [2.45, 2.75) is 61.4 Å². The first-order valence-electron chi connectivity index (χ1n) is 7.08. The summed E-state index contributed by atoms with van der Waals surface area (Å²) < 4.78 is 15.3. The molecule has 140 valence electrons. The smallest absolute Gasteiger partial charge is 1.00 e. The van der Waals surface area contributed by atoms with E-state index in [1.165, 1.54) is 0 Å². The summed E-state index contributed by atoms with van der Waals surface area (Å²) >= 11 is 0. The summed E-state index contributed by atoms with van der Waals surface area (Å²) in [5.74, 6) is 0. The van der Waals surface area contributed by atoms with Gasteiger partial charge >= 0.3 is 23.1 Å². The van der Waals surface area contributed by atoms with Crippen LogP contribution in [0.15, 0.2) is 0 Å². The molecule has 12 heteroatoms. The van der Waals surface area contributed by atoms with Crippen LogP contribution in [0, 0.1) is 0 Å². The molecule has 24 heavy (non-hydrogen) atoms. The van der Waals surface area contributed by atoms with E-state index in [4.69, 9.17) is 19.3 Å². The summed E-state index contributed by atoms with van der Waals surface area (Å²) in [5, 5.41) is 76.5. The maximum absolute atomic E-state index is 9.94. The van der Waals surface area contributed by atoms with Gasteiger partial charge in [0, 0.05) is 0 Å². The predicted octanol–water partition coefficient (Wildman–Crippen LogP) is -5.55. The second kappa shape index (κ2) is 9.32. The normalized spacial score (nSPS) is 49.5. The van der Waals surface area contributed by atoms with Crippen LogP contribution in [0.2, 0.25) is 0 Å². The second-order valence-corrected chi connectivity index (χ2v) is 5.53. The Balaban J connectivity index is 0. The van der Waals surface area contributed by atoms with Gasteiger partial charge in [0.1, 0.15) is 48.8 Å². The average molecular weight is 369 g/mol. The molecule has 0 bridgehead atoms. The number of hydrogen-bond acceptors (Lipinski definition) is 11. The number of aliphatic hydroxyl groups is 8. The van der Waals surface area contributed by atoms with Gasteiger partial charge in [0.2, 0.25) is 0 Å². The molecule has 2 rings (SSSR count). The third-order valence-corrected chi connectivity index (χ3v) is 3.98. The molecule has 0 unspecified atom stereocenters. The largest absolute Gasteiger partial charge is 2.00 e. The van der Waals surface area contributed by atoms with Crippen LogP contribution in [0.25, 0.3) is 0 Å². The summed E-state index contributed by atoms with van der Waals surface area (Å²) in [5.41, 5.74) is 0. The summed E-state index contributed by atoms with van der Waals surface area (Å²) in [6, 6.07) is 0. The SMILES string of the molecule is OC[C@H]1O[C@@H](O[C@H]2[C@H](O)[C@@H](O)[C@@H](O)O[C@@H]2CO)[C@H](O)[C@@H](O)[C@H]1O.[H-].[H-].[Mg+2]. The maximum Gasteiger partial charge on any atom is 2.00 e. The zero-order valence-corrected chi connectivity index (χ0v) is 14.1. The summed E-state index contributed by atoms with van der Waals surface area (Å²) in [6.45, 7) is -1.35. The van der Waals surface area contributed by atoms with Gasteiger partial charge in [-0.3, -0.25) is 0 Å². The van der Waals surface area contributed by atoms with Crippen LogP contribution < -0.4 is 0 Å². The third kappa shape index (κ3) is 4.35. The fraction of sp³-hybridized carbons (Fsp3) is 1.00. The molecular weight excluding hydrogens is 344 g/mol. The van der Waals surface area contributed by atoms with Crippen LogP contribution in [0.3, 0.4) is 0 Å². The minimum absolute atomic E-state index is 0. The molecule has 2 aliphatic heterocycles. The maximum atomic E-state index is 9.94. The molecule has 0 radical (unpaired) electrons. The molecule has 2 aliphatic rings. The van der Waals surface area contributed by atoms with Gasteiger partial charge in [0.25, 0.3) is 0 Å². The van der Waals surface area contributed by atoms with E-state index in [0.29, 0.717) is 0 Å². The van der Waals surface area contributed by atoms with E-state index in [1.54, 1.807) is 0 Å². The zero-order valence-electron chi connectivity index (χ0n) is 14.7. The third-order valence-electron chi connectivity index (χ3n) is 3.98. The van der Waals surface area contributed by atoms with Crippen molar-refractivity contribution in [3.63, 3.8) is 0 Å². The van der Waals surface area contributed by atoms with Crippen molar-refractivity contribution in [2.24, 2.45) is 0 Å². The Hall–Kier alpha value is 0.326. The molecule has 0 aromatic rings. The molecule has 2 heterocycles. The van der Waals surface area contributed by atoms with E-state index in [2.05, 4.69) is 0 Å². The van der Waals surface area contributed by atoms with Crippen LogP contribution in [0.1, 0.15) is 2.85 Å². The number of aliphatic hydroxyl groups excluding tert-OH is 8. The van der Waals surface area contributed by atoms with E-state index in [-0.39, 0.29) is 25.9 Å². The molecule has 0 saturated carbocycles. The zero-order chi connectivity index (χ0) is 17.3. The van der Waals surface area contributed by atoms with Crippen molar-refractivity contribution in [2.75, 3.05) is 13.2 Å². The summed E-state index contributed by atoms with van der Waals surface area (Å²) in [6.07, 6.45) is -15.6. The molecule has 0 aromatic carbocycles. The Kier molecular flexibility index (Phi) is 8.68. The van der Waals surface area contributed by atoms with Crippen molar-refractivity contribution in [1.29, 1.82) is 0 Å². The fourth-order valence-corrected chi connectivity index (χ4v) is 2.57. The van der Waals surface area contributed by atoms with E-state index < -0.39 is 74.6 Å². The van der Waals surface area contributed by atoms with Gasteiger partial charge in [-0.25, -0.2) is 0 Å². The van der Waals surface area contributed by atoms with Crippen LogP contribution in [0.5, 0.6) is 0 Å². The minimum atomic E-state index is -1.74. The van der Waals surface area contributed by atoms with Gasteiger partial charge in [0.05, 0.1) is 13.2 Å². The Bertz CT molecular complexity index is 394. The Morgan fingerprint density at radius 1 is 0.708 bits per heavy atom. The van der Waals surface area contributed by atoms with Gasteiger partial charge in [-0.2, -0.15) is 0 Å². The van der Waals surface area contributed by atoms with Crippen LogP contribution in [0.4, 0.5) is 0 Å². The van der Waals surface area contributed by atoms with Crippen molar-refractivity contribution >= 4 is 23.1 Å². The molecule has 2 saturated heterocycles. The average Bonchev–Trinajstić information content (AvgIpc) is 2.55. The van der Waals surface area contributed by atoms with E-state index in [1.807, 2.05) is 0 Å². The quantitative estimate of drug-likeness (QED) is 0.221. The van der Waals surface area contributed by atoms with Crippen molar-refractivity contribution < 1.29 is 57.9 Å². The first-order chi connectivity index (χ1) is 10.8. The number of ether oxygens (including phenoxy) is 3. The molecule has 2 fully saturated rings. The first kappa shape index (κ1) is 22.4. The van der Waals surface area contributed by atoms with Crippen LogP contribution in [-0.4, -0.2) is 139 Å². The van der Waals surface area contributed by atoms with Crippen molar-refractivity contribution in [1.82, 2.24) is 0 Å². The predicted molar refractivity (Wildman–Crippen MR) is 76.6 cm³/mol. The van der Waals surface area contributed by atoms with Gasteiger partial charge in [-0.1, -0.05) is 0 Å². The van der Waals surface area contributed by atoms with Gasteiger partial charge in [0.15, 0.2) is 12.6 Å². The molecule has 11 nitrogen and oxygen atoms in total. The molecule has 10 atom stereocenters. The number of rotatable bonds is 4. The van der Waals surface area contributed by atoms with Crippen LogP contribution >= 0.6 is 0 Å². The minimum Gasteiger partial charge on any atom is -1.00 e. The number of hydrogen-bond donors (Lipinski definition) is 8. The Labute approximate surface area is 156 Å². The monoisotopic (exact) mass is 368 g/mol.